The molecule has 0 heterocycles. The standard InChI is InChI=1S/C18H14N2O8S2/c19-28-8-16(21)20-13-7-15(30(25,26)27)12-5-4-11-14(29(22,23)24)6-2-9-1-3-10(13)18(12)17(9)11/h1-7H,8,19H2,(H,20,21)(H,22,23,24)(H,25,26,27). The molecule has 0 aliphatic rings. The Morgan fingerprint density at radius 1 is 0.867 bits per heavy atom. The second-order valence-corrected chi connectivity index (χ2v) is 9.32. The fourth-order valence-electron chi connectivity index (χ4n) is 3.64. The molecule has 4 aromatic rings. The van der Waals surface area contributed by atoms with Gasteiger partial charge in [-0.3, -0.25) is 18.7 Å². The highest BCUT2D eigenvalue weighted by Crippen LogP contribution is 2.42. The van der Waals surface area contributed by atoms with Gasteiger partial charge < -0.3 is 5.32 Å². The molecule has 0 atom stereocenters. The summed E-state index contributed by atoms with van der Waals surface area (Å²) >= 11 is 0. The van der Waals surface area contributed by atoms with Gasteiger partial charge in [0, 0.05) is 21.5 Å². The van der Waals surface area contributed by atoms with E-state index in [9.17, 15) is 30.7 Å². The van der Waals surface area contributed by atoms with Crippen LogP contribution < -0.4 is 11.2 Å². The predicted molar refractivity (Wildman–Crippen MR) is 109 cm³/mol. The summed E-state index contributed by atoms with van der Waals surface area (Å²) in [6.45, 7) is -0.504. The Balaban J connectivity index is 2.22. The molecule has 30 heavy (non-hydrogen) atoms. The third kappa shape index (κ3) is 3.25. The lowest BCUT2D eigenvalue weighted by Crippen LogP contribution is -2.20. The quantitative estimate of drug-likeness (QED) is 0.201. The van der Waals surface area contributed by atoms with E-state index in [1.54, 1.807) is 12.1 Å². The van der Waals surface area contributed by atoms with E-state index in [0.29, 0.717) is 16.2 Å². The van der Waals surface area contributed by atoms with Crippen molar-refractivity contribution in [3.63, 3.8) is 0 Å². The van der Waals surface area contributed by atoms with Crippen LogP contribution in [0.15, 0.2) is 52.3 Å². The molecule has 0 spiro atoms. The van der Waals surface area contributed by atoms with Crippen molar-refractivity contribution in [3.05, 3.63) is 42.5 Å². The largest absolute Gasteiger partial charge is 0.323 e. The first-order chi connectivity index (χ1) is 14.0. The van der Waals surface area contributed by atoms with Crippen molar-refractivity contribution in [3.8, 4) is 0 Å². The fourth-order valence-corrected chi connectivity index (χ4v) is 5.04. The van der Waals surface area contributed by atoms with Crippen LogP contribution in [-0.2, 0) is 29.9 Å². The summed E-state index contributed by atoms with van der Waals surface area (Å²) in [6, 6.07) is 9.74. The lowest BCUT2D eigenvalue weighted by molar-refractivity contribution is -0.120. The lowest BCUT2D eigenvalue weighted by Gasteiger charge is -2.17. The molecule has 0 aliphatic carbocycles. The van der Waals surface area contributed by atoms with E-state index in [4.69, 9.17) is 5.90 Å². The molecule has 0 saturated carbocycles. The van der Waals surface area contributed by atoms with Gasteiger partial charge in [0.15, 0.2) is 0 Å². The molecule has 0 aromatic heterocycles. The number of anilines is 1. The lowest BCUT2D eigenvalue weighted by atomic mass is 9.93. The minimum Gasteiger partial charge on any atom is -0.323 e. The monoisotopic (exact) mass is 450 g/mol. The van der Waals surface area contributed by atoms with E-state index in [0.717, 1.165) is 6.07 Å². The third-order valence-electron chi connectivity index (χ3n) is 4.75. The Morgan fingerprint density at radius 3 is 2.03 bits per heavy atom. The number of hydrogen-bond acceptors (Lipinski definition) is 7. The summed E-state index contributed by atoms with van der Waals surface area (Å²) in [4.78, 5) is 15.4. The number of nitrogens with two attached hydrogens (primary N) is 1. The fraction of sp³-hybridized carbons (Fsp3) is 0.0556. The van der Waals surface area contributed by atoms with Gasteiger partial charge in [-0.25, -0.2) is 5.90 Å². The first kappa shape index (κ1) is 20.4. The Morgan fingerprint density at radius 2 is 1.43 bits per heavy atom. The zero-order valence-corrected chi connectivity index (χ0v) is 16.6. The maximum Gasteiger partial charge on any atom is 0.295 e. The maximum atomic E-state index is 12.0. The van der Waals surface area contributed by atoms with Crippen LogP contribution in [0.25, 0.3) is 32.3 Å². The first-order valence-electron chi connectivity index (χ1n) is 8.33. The Hall–Kier alpha value is -2.87. The third-order valence-corrected chi connectivity index (χ3v) is 6.55. The van der Waals surface area contributed by atoms with Gasteiger partial charge in [-0.1, -0.05) is 30.3 Å². The minimum absolute atomic E-state index is 0.0452. The molecular weight excluding hydrogens is 436 g/mol. The van der Waals surface area contributed by atoms with Crippen LogP contribution in [0.2, 0.25) is 0 Å². The van der Waals surface area contributed by atoms with E-state index < -0.39 is 37.6 Å². The van der Waals surface area contributed by atoms with Crippen molar-refractivity contribution in [1.82, 2.24) is 0 Å². The molecule has 1 amide bonds. The van der Waals surface area contributed by atoms with Crippen LogP contribution in [0.5, 0.6) is 0 Å². The van der Waals surface area contributed by atoms with Gasteiger partial charge in [-0.05, 0) is 22.9 Å². The average molecular weight is 450 g/mol. The number of rotatable bonds is 5. The van der Waals surface area contributed by atoms with E-state index in [1.807, 2.05) is 0 Å². The predicted octanol–water partition coefficient (Wildman–Crippen LogP) is 1.91. The Kier molecular flexibility index (Phi) is 4.65. The van der Waals surface area contributed by atoms with Gasteiger partial charge in [0.05, 0.1) is 5.69 Å². The van der Waals surface area contributed by atoms with E-state index in [2.05, 4.69) is 10.2 Å². The van der Waals surface area contributed by atoms with Crippen molar-refractivity contribution in [2.75, 3.05) is 11.9 Å². The number of hydrogen-bond donors (Lipinski definition) is 4. The van der Waals surface area contributed by atoms with Crippen LogP contribution >= 0.6 is 0 Å². The molecule has 0 bridgehead atoms. The van der Waals surface area contributed by atoms with Crippen molar-refractivity contribution in [1.29, 1.82) is 0 Å². The van der Waals surface area contributed by atoms with Crippen LogP contribution in [0.1, 0.15) is 0 Å². The van der Waals surface area contributed by atoms with Gasteiger partial charge in [0.25, 0.3) is 26.1 Å². The van der Waals surface area contributed by atoms with Crippen LogP contribution in [0.3, 0.4) is 0 Å². The van der Waals surface area contributed by atoms with Crippen molar-refractivity contribution >= 4 is 64.1 Å². The zero-order valence-electron chi connectivity index (χ0n) is 15.0. The summed E-state index contributed by atoms with van der Waals surface area (Å²) in [5.74, 6) is 4.22. The summed E-state index contributed by atoms with van der Waals surface area (Å²) in [6.07, 6.45) is 0. The normalized spacial score (nSPS) is 12.8. The zero-order chi connectivity index (χ0) is 21.8. The smallest absolute Gasteiger partial charge is 0.295 e. The van der Waals surface area contributed by atoms with E-state index in [-0.39, 0.29) is 26.7 Å². The molecule has 12 heteroatoms. The number of carbonyl (C=O) groups is 1. The highest BCUT2D eigenvalue weighted by molar-refractivity contribution is 7.86. The molecule has 0 aliphatic heterocycles. The number of amides is 1. The molecule has 4 rings (SSSR count). The molecule has 10 nitrogen and oxygen atoms in total. The molecule has 156 valence electrons. The Labute approximate surface area is 170 Å². The van der Waals surface area contributed by atoms with Crippen LogP contribution in [0.4, 0.5) is 5.69 Å². The van der Waals surface area contributed by atoms with Crippen molar-refractivity contribution in [2.24, 2.45) is 5.90 Å². The van der Waals surface area contributed by atoms with Crippen LogP contribution in [0, 0.1) is 0 Å². The Bertz CT molecular complexity index is 1550. The summed E-state index contributed by atoms with van der Waals surface area (Å²) < 4.78 is 67.0. The number of carbonyl (C=O) groups excluding carboxylic acids is 1. The van der Waals surface area contributed by atoms with E-state index >= 15 is 0 Å². The highest BCUT2D eigenvalue weighted by atomic mass is 32.2. The van der Waals surface area contributed by atoms with Crippen molar-refractivity contribution in [2.45, 2.75) is 9.79 Å². The first-order valence-corrected chi connectivity index (χ1v) is 11.2. The second kappa shape index (κ2) is 6.84. The summed E-state index contributed by atoms with van der Waals surface area (Å²) in [5, 5.41) is 4.31. The topological polar surface area (TPSA) is 173 Å². The second-order valence-electron chi connectivity index (χ2n) is 6.54. The molecule has 4 aromatic carbocycles. The van der Waals surface area contributed by atoms with E-state index in [1.165, 1.54) is 24.3 Å². The molecular formula is C18H14N2O8S2. The van der Waals surface area contributed by atoms with Gasteiger partial charge in [0.2, 0.25) is 0 Å². The van der Waals surface area contributed by atoms with Gasteiger partial charge in [0.1, 0.15) is 16.4 Å². The highest BCUT2D eigenvalue weighted by Gasteiger charge is 2.24. The maximum absolute atomic E-state index is 12.0. The minimum atomic E-state index is -4.71. The molecule has 0 saturated heterocycles. The molecule has 0 radical (unpaired) electrons. The average Bonchev–Trinajstić information content (AvgIpc) is 2.65. The number of nitrogens with one attached hydrogen (secondary N) is 1. The van der Waals surface area contributed by atoms with Gasteiger partial charge in [-0.15, -0.1) is 0 Å². The van der Waals surface area contributed by atoms with Crippen molar-refractivity contribution < 1.29 is 35.6 Å². The molecule has 5 N–H and O–H groups in total. The summed E-state index contributed by atoms with van der Waals surface area (Å²) in [5.41, 5.74) is 0.0452. The molecule has 0 fully saturated rings. The van der Waals surface area contributed by atoms with Gasteiger partial charge >= 0.3 is 0 Å². The number of benzene rings is 4. The molecule has 0 unspecified atom stereocenters. The SMILES string of the molecule is NOCC(=O)Nc1cc(S(=O)(=O)O)c2ccc3c(S(=O)(=O)O)ccc4ccc1c2c43. The summed E-state index contributed by atoms with van der Waals surface area (Å²) in [7, 11) is -9.28. The van der Waals surface area contributed by atoms with Crippen LogP contribution in [-0.4, -0.2) is 38.5 Å². The van der Waals surface area contributed by atoms with Gasteiger partial charge in [-0.2, -0.15) is 16.8 Å².